The van der Waals surface area contributed by atoms with Crippen molar-refractivity contribution in [3.8, 4) is 0 Å². The molecule has 72 valence electrons. The van der Waals surface area contributed by atoms with Gasteiger partial charge in [0.25, 0.3) is 0 Å². The van der Waals surface area contributed by atoms with Crippen molar-refractivity contribution in [1.29, 1.82) is 0 Å². The molecule has 3 nitrogen and oxygen atoms in total. The van der Waals surface area contributed by atoms with Gasteiger partial charge in [-0.25, -0.2) is 0 Å². The number of hydrogen-bond acceptors (Lipinski definition) is 4. The van der Waals surface area contributed by atoms with Crippen molar-refractivity contribution in [2.45, 2.75) is 19.9 Å². The lowest BCUT2D eigenvalue weighted by atomic mass is 10.3. The second kappa shape index (κ2) is 6.31. The summed E-state index contributed by atoms with van der Waals surface area (Å²) >= 11 is 1.69. The Morgan fingerprint density at radius 2 is 2.08 bits per heavy atom. The van der Waals surface area contributed by atoms with Gasteiger partial charge in [-0.2, -0.15) is 11.8 Å². The maximum atomic E-state index is 10.8. The average molecular weight is 191 g/mol. The minimum atomic E-state index is -0.473. The average Bonchev–Trinajstić information content (AvgIpc) is 2.02. The smallest absolute Gasteiger partial charge is 0.323 e. The van der Waals surface area contributed by atoms with E-state index < -0.39 is 6.04 Å². The van der Waals surface area contributed by atoms with Crippen LogP contribution in [0, 0.1) is 5.92 Å². The first-order valence-electron chi connectivity index (χ1n) is 3.99. The van der Waals surface area contributed by atoms with Crippen molar-refractivity contribution in [2.24, 2.45) is 11.7 Å². The van der Waals surface area contributed by atoms with Crippen LogP contribution in [-0.4, -0.2) is 30.6 Å². The van der Waals surface area contributed by atoms with Crippen molar-refractivity contribution < 1.29 is 9.53 Å². The second-order valence-corrected chi connectivity index (χ2v) is 4.14. The fraction of sp³-hybridized carbons (Fsp3) is 0.875. The Kier molecular flexibility index (Phi) is 6.20. The number of nitrogens with two attached hydrogens (primary N) is 1. The Morgan fingerprint density at radius 3 is 2.50 bits per heavy atom. The number of methoxy groups -OCH3 is 1. The SMILES string of the molecule is COC(=O)[C@@H](N)CSCC(C)C. The van der Waals surface area contributed by atoms with E-state index in [1.54, 1.807) is 11.8 Å². The lowest BCUT2D eigenvalue weighted by molar-refractivity contribution is -0.141. The fourth-order valence-corrected chi connectivity index (χ4v) is 1.65. The van der Waals surface area contributed by atoms with Crippen LogP contribution < -0.4 is 5.73 Å². The molecule has 0 amide bonds. The maximum Gasteiger partial charge on any atom is 0.323 e. The van der Waals surface area contributed by atoms with Crippen LogP contribution in [0.2, 0.25) is 0 Å². The molecule has 0 aromatic rings. The van der Waals surface area contributed by atoms with Gasteiger partial charge in [-0.05, 0) is 11.7 Å². The summed E-state index contributed by atoms with van der Waals surface area (Å²) in [7, 11) is 1.36. The van der Waals surface area contributed by atoms with Crippen LogP contribution >= 0.6 is 11.8 Å². The molecule has 1 atom stereocenters. The molecule has 0 aliphatic carbocycles. The van der Waals surface area contributed by atoms with Gasteiger partial charge in [-0.3, -0.25) is 4.79 Å². The van der Waals surface area contributed by atoms with Crippen LogP contribution in [-0.2, 0) is 9.53 Å². The quantitative estimate of drug-likeness (QED) is 0.655. The van der Waals surface area contributed by atoms with Crippen molar-refractivity contribution in [1.82, 2.24) is 0 Å². The van der Waals surface area contributed by atoms with Crippen LogP contribution in [0.3, 0.4) is 0 Å². The Hall–Kier alpha value is -0.220. The summed E-state index contributed by atoms with van der Waals surface area (Å²) < 4.78 is 4.49. The topological polar surface area (TPSA) is 52.3 Å². The van der Waals surface area contributed by atoms with Crippen molar-refractivity contribution in [2.75, 3.05) is 18.6 Å². The number of esters is 1. The van der Waals surface area contributed by atoms with E-state index in [-0.39, 0.29) is 5.97 Å². The fourth-order valence-electron chi connectivity index (χ4n) is 0.650. The summed E-state index contributed by atoms with van der Waals surface area (Å²) in [5.41, 5.74) is 5.52. The normalized spacial score (nSPS) is 13.1. The van der Waals surface area contributed by atoms with E-state index >= 15 is 0 Å². The molecule has 0 saturated carbocycles. The van der Waals surface area contributed by atoms with Gasteiger partial charge in [-0.15, -0.1) is 0 Å². The Morgan fingerprint density at radius 1 is 1.50 bits per heavy atom. The Labute approximate surface area is 78.0 Å². The molecule has 2 N–H and O–H groups in total. The van der Waals surface area contributed by atoms with E-state index in [0.717, 1.165) is 5.75 Å². The molecule has 0 radical (unpaired) electrons. The molecule has 0 heterocycles. The lowest BCUT2D eigenvalue weighted by Gasteiger charge is -2.09. The minimum Gasteiger partial charge on any atom is -0.468 e. The van der Waals surface area contributed by atoms with Gasteiger partial charge >= 0.3 is 5.97 Å². The van der Waals surface area contributed by atoms with E-state index in [1.807, 2.05) is 0 Å². The molecule has 12 heavy (non-hydrogen) atoms. The summed E-state index contributed by atoms with van der Waals surface area (Å²) in [6.07, 6.45) is 0. The van der Waals surface area contributed by atoms with Crippen molar-refractivity contribution in [3.05, 3.63) is 0 Å². The summed E-state index contributed by atoms with van der Waals surface area (Å²) in [5.74, 6) is 1.99. The predicted molar refractivity (Wildman–Crippen MR) is 52.2 cm³/mol. The van der Waals surface area contributed by atoms with Gasteiger partial charge in [0.1, 0.15) is 6.04 Å². The summed E-state index contributed by atoms with van der Waals surface area (Å²) in [6, 6.07) is -0.473. The number of thioether (sulfide) groups is 1. The van der Waals surface area contributed by atoms with Gasteiger partial charge in [0.2, 0.25) is 0 Å². The highest BCUT2D eigenvalue weighted by molar-refractivity contribution is 7.99. The standard InChI is InChI=1S/C8H17NO2S/c1-6(2)4-12-5-7(9)8(10)11-3/h6-7H,4-5,9H2,1-3H3/t7-/m0/s1. The highest BCUT2D eigenvalue weighted by Gasteiger charge is 2.12. The van der Waals surface area contributed by atoms with Gasteiger partial charge in [0.15, 0.2) is 0 Å². The van der Waals surface area contributed by atoms with E-state index in [1.165, 1.54) is 7.11 Å². The second-order valence-electron chi connectivity index (χ2n) is 3.06. The summed E-state index contributed by atoms with van der Waals surface area (Å²) in [6.45, 7) is 4.27. The van der Waals surface area contributed by atoms with Crippen molar-refractivity contribution >= 4 is 17.7 Å². The molecule has 0 aliphatic heterocycles. The number of carbonyl (C=O) groups is 1. The zero-order valence-electron chi connectivity index (χ0n) is 7.87. The molecule has 0 aromatic carbocycles. The number of hydrogen-bond donors (Lipinski definition) is 1. The first kappa shape index (κ1) is 11.8. The highest BCUT2D eigenvalue weighted by atomic mass is 32.2. The molecular weight excluding hydrogens is 174 g/mol. The summed E-state index contributed by atoms with van der Waals surface area (Å²) in [5, 5.41) is 0. The zero-order valence-corrected chi connectivity index (χ0v) is 8.69. The van der Waals surface area contributed by atoms with Gasteiger partial charge in [-0.1, -0.05) is 13.8 Å². The molecule has 0 bridgehead atoms. The molecule has 0 rings (SSSR count). The first-order valence-corrected chi connectivity index (χ1v) is 5.14. The molecule has 4 heteroatoms. The highest BCUT2D eigenvalue weighted by Crippen LogP contribution is 2.08. The molecule has 0 aliphatic rings. The van der Waals surface area contributed by atoms with Crippen LogP contribution in [0.15, 0.2) is 0 Å². The third-order valence-electron chi connectivity index (χ3n) is 1.25. The predicted octanol–water partition coefficient (Wildman–Crippen LogP) is 0.876. The Balaban J connectivity index is 3.43. The number of ether oxygens (including phenoxy) is 1. The molecule has 0 fully saturated rings. The van der Waals surface area contributed by atoms with E-state index in [0.29, 0.717) is 11.7 Å². The van der Waals surface area contributed by atoms with E-state index in [2.05, 4.69) is 18.6 Å². The van der Waals surface area contributed by atoms with Crippen LogP contribution in [0.25, 0.3) is 0 Å². The molecule has 0 unspecified atom stereocenters. The summed E-state index contributed by atoms with van der Waals surface area (Å²) in [4.78, 5) is 10.8. The van der Waals surface area contributed by atoms with Crippen LogP contribution in [0.5, 0.6) is 0 Å². The lowest BCUT2D eigenvalue weighted by Crippen LogP contribution is -2.34. The first-order chi connectivity index (χ1) is 5.57. The zero-order chi connectivity index (χ0) is 9.56. The van der Waals surface area contributed by atoms with Gasteiger partial charge in [0.05, 0.1) is 7.11 Å². The number of carbonyl (C=O) groups excluding carboxylic acids is 1. The van der Waals surface area contributed by atoms with Gasteiger partial charge < -0.3 is 10.5 Å². The van der Waals surface area contributed by atoms with Crippen LogP contribution in [0.1, 0.15) is 13.8 Å². The largest absolute Gasteiger partial charge is 0.468 e. The Bertz CT molecular complexity index is 139. The molecule has 0 aromatic heterocycles. The third-order valence-corrected chi connectivity index (χ3v) is 2.75. The minimum absolute atomic E-state index is 0.328. The third kappa shape index (κ3) is 5.43. The van der Waals surface area contributed by atoms with E-state index in [9.17, 15) is 4.79 Å². The molecular formula is C8H17NO2S. The van der Waals surface area contributed by atoms with Crippen molar-refractivity contribution in [3.63, 3.8) is 0 Å². The van der Waals surface area contributed by atoms with E-state index in [4.69, 9.17) is 5.73 Å². The molecule has 0 saturated heterocycles. The molecule has 0 spiro atoms. The van der Waals surface area contributed by atoms with Gasteiger partial charge in [0, 0.05) is 5.75 Å². The maximum absolute atomic E-state index is 10.8. The number of rotatable bonds is 5. The monoisotopic (exact) mass is 191 g/mol. The van der Waals surface area contributed by atoms with Crippen LogP contribution in [0.4, 0.5) is 0 Å².